The van der Waals surface area contributed by atoms with Gasteiger partial charge in [-0.05, 0) is 61.7 Å². The second-order valence-corrected chi connectivity index (χ2v) is 7.11. The number of anilines is 1. The van der Waals surface area contributed by atoms with E-state index in [-0.39, 0.29) is 5.57 Å². The predicted molar refractivity (Wildman–Crippen MR) is 107 cm³/mol. The molecular weight excluding hydrogens is 358 g/mol. The van der Waals surface area contributed by atoms with Crippen molar-refractivity contribution in [1.82, 2.24) is 14.8 Å². The van der Waals surface area contributed by atoms with Crippen LogP contribution in [0.2, 0.25) is 0 Å². The molecule has 2 heterocycles. The normalized spacial score (nSPS) is 11.3. The van der Waals surface area contributed by atoms with Crippen LogP contribution < -0.4 is 5.32 Å². The average Bonchev–Trinajstić information content (AvgIpc) is 3.31. The summed E-state index contributed by atoms with van der Waals surface area (Å²) in [4.78, 5) is 12.4. The Hall–Kier alpha value is -3.24. The molecule has 6 nitrogen and oxygen atoms in total. The van der Waals surface area contributed by atoms with Crippen molar-refractivity contribution >= 4 is 28.5 Å². The second-order valence-electron chi connectivity index (χ2n) is 6.05. The van der Waals surface area contributed by atoms with Crippen molar-refractivity contribution in [3.63, 3.8) is 0 Å². The SMILES string of the molecule is CCc1nnc(NC(=O)C(C#N)=Cc2cccn2-c2ccc(C)c(C)c2)s1. The summed E-state index contributed by atoms with van der Waals surface area (Å²) in [5.74, 6) is -0.496. The van der Waals surface area contributed by atoms with Gasteiger partial charge in [0.2, 0.25) is 5.13 Å². The number of hydrogen-bond donors (Lipinski definition) is 1. The molecule has 0 unspecified atom stereocenters. The summed E-state index contributed by atoms with van der Waals surface area (Å²) in [6.07, 6.45) is 4.23. The van der Waals surface area contributed by atoms with Crippen molar-refractivity contribution < 1.29 is 4.79 Å². The van der Waals surface area contributed by atoms with E-state index < -0.39 is 5.91 Å². The highest BCUT2D eigenvalue weighted by Crippen LogP contribution is 2.20. The van der Waals surface area contributed by atoms with Gasteiger partial charge in [-0.25, -0.2) is 0 Å². The Morgan fingerprint density at radius 3 is 2.78 bits per heavy atom. The fraction of sp³-hybridized carbons (Fsp3) is 0.200. The molecule has 0 aliphatic heterocycles. The van der Waals surface area contributed by atoms with Crippen LogP contribution in [0.1, 0.15) is 28.8 Å². The Labute approximate surface area is 161 Å². The molecule has 136 valence electrons. The third-order valence-corrected chi connectivity index (χ3v) is 5.18. The summed E-state index contributed by atoms with van der Waals surface area (Å²) in [7, 11) is 0. The highest BCUT2D eigenvalue weighted by Gasteiger charge is 2.14. The number of hydrogen-bond acceptors (Lipinski definition) is 5. The number of benzene rings is 1. The monoisotopic (exact) mass is 377 g/mol. The number of amides is 1. The van der Waals surface area contributed by atoms with Gasteiger partial charge in [-0.2, -0.15) is 5.26 Å². The van der Waals surface area contributed by atoms with Gasteiger partial charge in [-0.15, -0.1) is 10.2 Å². The molecule has 0 aliphatic rings. The number of nitrogens with zero attached hydrogens (tertiary/aromatic N) is 4. The van der Waals surface area contributed by atoms with Gasteiger partial charge in [0, 0.05) is 17.6 Å². The van der Waals surface area contributed by atoms with Crippen LogP contribution in [-0.2, 0) is 11.2 Å². The minimum atomic E-state index is -0.496. The van der Waals surface area contributed by atoms with Gasteiger partial charge in [-0.1, -0.05) is 24.3 Å². The van der Waals surface area contributed by atoms with Crippen LogP contribution in [-0.4, -0.2) is 20.7 Å². The Kier molecular flexibility index (Phi) is 5.48. The van der Waals surface area contributed by atoms with Gasteiger partial charge < -0.3 is 4.57 Å². The molecule has 2 aromatic heterocycles. The van der Waals surface area contributed by atoms with E-state index in [9.17, 15) is 10.1 Å². The van der Waals surface area contributed by atoms with E-state index in [1.54, 1.807) is 6.08 Å². The fourth-order valence-electron chi connectivity index (χ4n) is 2.53. The number of nitrogens with one attached hydrogen (secondary N) is 1. The van der Waals surface area contributed by atoms with E-state index in [1.165, 1.54) is 22.5 Å². The first-order valence-electron chi connectivity index (χ1n) is 8.52. The molecule has 0 saturated heterocycles. The molecule has 3 aromatic rings. The molecule has 27 heavy (non-hydrogen) atoms. The smallest absolute Gasteiger partial charge is 0.268 e. The van der Waals surface area contributed by atoms with E-state index in [4.69, 9.17) is 0 Å². The number of carbonyl (C=O) groups is 1. The quantitative estimate of drug-likeness (QED) is 0.537. The minimum absolute atomic E-state index is 0.00651. The van der Waals surface area contributed by atoms with Crippen LogP contribution in [0.25, 0.3) is 11.8 Å². The molecule has 1 amide bonds. The number of rotatable bonds is 5. The maximum Gasteiger partial charge on any atom is 0.268 e. The molecule has 7 heteroatoms. The van der Waals surface area contributed by atoms with Crippen molar-refractivity contribution in [2.24, 2.45) is 0 Å². The summed E-state index contributed by atoms with van der Waals surface area (Å²) >= 11 is 1.30. The van der Waals surface area contributed by atoms with Gasteiger partial charge in [0.15, 0.2) is 0 Å². The van der Waals surface area contributed by atoms with Gasteiger partial charge in [0.1, 0.15) is 16.6 Å². The van der Waals surface area contributed by atoms with Crippen LogP contribution in [0.5, 0.6) is 0 Å². The Bertz CT molecular complexity index is 1050. The summed E-state index contributed by atoms with van der Waals surface area (Å²) in [6, 6.07) is 11.9. The van der Waals surface area contributed by atoms with Crippen molar-refractivity contribution in [2.45, 2.75) is 27.2 Å². The summed E-state index contributed by atoms with van der Waals surface area (Å²) in [6.45, 7) is 6.08. The Balaban J connectivity index is 1.88. The zero-order chi connectivity index (χ0) is 19.4. The molecule has 0 fully saturated rings. The van der Waals surface area contributed by atoms with Crippen LogP contribution in [0.4, 0.5) is 5.13 Å². The Morgan fingerprint density at radius 2 is 2.11 bits per heavy atom. The second kappa shape index (κ2) is 7.98. The number of aryl methyl sites for hydroxylation is 3. The van der Waals surface area contributed by atoms with E-state index >= 15 is 0 Å². The van der Waals surface area contributed by atoms with Gasteiger partial charge >= 0.3 is 0 Å². The molecule has 3 rings (SSSR count). The fourth-order valence-corrected chi connectivity index (χ4v) is 3.20. The standard InChI is InChI=1S/C20H19N5OS/c1-4-18-23-24-20(27-18)22-19(26)15(12-21)11-16-6-5-9-25(16)17-8-7-13(2)14(3)10-17/h5-11H,4H2,1-3H3,(H,22,24,26). The molecular formula is C20H19N5OS. The highest BCUT2D eigenvalue weighted by molar-refractivity contribution is 7.15. The first-order valence-corrected chi connectivity index (χ1v) is 9.34. The topological polar surface area (TPSA) is 83.6 Å². The third-order valence-electron chi connectivity index (χ3n) is 4.20. The molecule has 0 radical (unpaired) electrons. The van der Waals surface area contributed by atoms with Crippen molar-refractivity contribution in [2.75, 3.05) is 5.32 Å². The summed E-state index contributed by atoms with van der Waals surface area (Å²) in [5, 5.41) is 21.2. The zero-order valence-corrected chi connectivity index (χ0v) is 16.2. The van der Waals surface area contributed by atoms with Gasteiger partial charge in [0.05, 0.1) is 0 Å². The molecule has 0 saturated carbocycles. The lowest BCUT2D eigenvalue weighted by molar-refractivity contribution is -0.112. The van der Waals surface area contributed by atoms with Crippen molar-refractivity contribution in [1.29, 1.82) is 5.26 Å². The molecule has 0 spiro atoms. The first-order chi connectivity index (χ1) is 13.0. The van der Waals surface area contributed by atoms with Gasteiger partial charge in [-0.3, -0.25) is 10.1 Å². The summed E-state index contributed by atoms with van der Waals surface area (Å²) < 4.78 is 1.94. The van der Waals surface area contributed by atoms with E-state index in [0.717, 1.165) is 22.8 Å². The lowest BCUT2D eigenvalue weighted by Crippen LogP contribution is -2.13. The third kappa shape index (κ3) is 4.13. The number of nitriles is 1. The largest absolute Gasteiger partial charge is 0.317 e. The molecule has 0 bridgehead atoms. The maximum absolute atomic E-state index is 12.4. The van der Waals surface area contributed by atoms with Gasteiger partial charge in [0.25, 0.3) is 5.91 Å². The minimum Gasteiger partial charge on any atom is -0.317 e. The van der Waals surface area contributed by atoms with Crippen LogP contribution in [0, 0.1) is 25.2 Å². The average molecular weight is 377 g/mol. The first kappa shape index (κ1) is 18.5. The molecule has 1 N–H and O–H groups in total. The lowest BCUT2D eigenvalue weighted by atomic mass is 10.1. The maximum atomic E-state index is 12.4. The lowest BCUT2D eigenvalue weighted by Gasteiger charge is -2.09. The van der Waals surface area contributed by atoms with Crippen LogP contribution in [0.15, 0.2) is 42.1 Å². The number of aromatic nitrogens is 3. The Morgan fingerprint density at radius 1 is 1.30 bits per heavy atom. The van der Waals surface area contributed by atoms with Crippen molar-refractivity contribution in [3.8, 4) is 11.8 Å². The molecule has 0 atom stereocenters. The molecule has 1 aromatic carbocycles. The van der Waals surface area contributed by atoms with E-state index in [2.05, 4.69) is 41.5 Å². The van der Waals surface area contributed by atoms with E-state index in [0.29, 0.717) is 5.13 Å². The van der Waals surface area contributed by atoms with E-state index in [1.807, 2.05) is 42.0 Å². The highest BCUT2D eigenvalue weighted by atomic mass is 32.1. The predicted octanol–water partition coefficient (Wildman–Crippen LogP) is 4.05. The zero-order valence-electron chi connectivity index (χ0n) is 15.4. The van der Waals surface area contributed by atoms with Crippen molar-refractivity contribution in [3.05, 3.63) is 63.9 Å². The number of carbonyl (C=O) groups excluding carboxylic acids is 1. The van der Waals surface area contributed by atoms with Crippen LogP contribution >= 0.6 is 11.3 Å². The van der Waals surface area contributed by atoms with Crippen LogP contribution in [0.3, 0.4) is 0 Å². The summed E-state index contributed by atoms with van der Waals surface area (Å²) in [5.41, 5.74) is 4.12. The molecule has 0 aliphatic carbocycles.